The quantitative estimate of drug-likeness (QED) is 0.889. The van der Waals surface area contributed by atoms with Crippen LogP contribution >= 0.6 is 0 Å². The molecule has 0 aromatic carbocycles. The standard InChI is InChI=1S/C14H17N3O2/c1-2-9-8-12(17-16-9)14(18)15-11-4-3-5-13-10(11)6-7-19-13/h6-8,11H,2-5H2,1H3,(H,15,18)(H,16,17)/t11-/m0/s1. The van der Waals surface area contributed by atoms with E-state index in [1.54, 1.807) is 12.3 Å². The molecule has 0 saturated heterocycles. The third kappa shape index (κ3) is 2.28. The fourth-order valence-corrected chi connectivity index (χ4v) is 2.53. The normalized spacial score (nSPS) is 18.1. The number of furan rings is 1. The van der Waals surface area contributed by atoms with Crippen molar-refractivity contribution in [1.82, 2.24) is 15.5 Å². The summed E-state index contributed by atoms with van der Waals surface area (Å²) in [6, 6.07) is 3.78. The average Bonchev–Trinajstić information content (AvgIpc) is 3.08. The molecule has 0 saturated carbocycles. The first-order chi connectivity index (χ1) is 9.28. The van der Waals surface area contributed by atoms with E-state index in [4.69, 9.17) is 4.42 Å². The fraction of sp³-hybridized carbons (Fsp3) is 0.429. The number of aromatic amines is 1. The molecule has 3 rings (SSSR count). The van der Waals surface area contributed by atoms with E-state index < -0.39 is 0 Å². The van der Waals surface area contributed by atoms with Crippen molar-refractivity contribution in [3.8, 4) is 0 Å². The summed E-state index contributed by atoms with van der Waals surface area (Å²) in [5.74, 6) is 0.864. The van der Waals surface area contributed by atoms with E-state index in [-0.39, 0.29) is 11.9 Å². The number of carbonyl (C=O) groups excluding carboxylic acids is 1. The number of nitrogens with zero attached hydrogens (tertiary/aromatic N) is 1. The summed E-state index contributed by atoms with van der Waals surface area (Å²) >= 11 is 0. The minimum Gasteiger partial charge on any atom is -0.469 e. The summed E-state index contributed by atoms with van der Waals surface area (Å²) in [5, 5.41) is 9.93. The van der Waals surface area contributed by atoms with Crippen molar-refractivity contribution < 1.29 is 9.21 Å². The molecule has 1 amide bonds. The number of nitrogens with one attached hydrogen (secondary N) is 2. The molecule has 1 aliphatic carbocycles. The van der Waals surface area contributed by atoms with Gasteiger partial charge in [-0.3, -0.25) is 9.89 Å². The maximum atomic E-state index is 12.1. The molecule has 2 N–H and O–H groups in total. The number of carbonyl (C=O) groups is 1. The molecule has 100 valence electrons. The summed E-state index contributed by atoms with van der Waals surface area (Å²) in [6.07, 6.45) is 5.47. The minimum absolute atomic E-state index is 0.0387. The highest BCUT2D eigenvalue weighted by Gasteiger charge is 2.25. The van der Waals surface area contributed by atoms with E-state index in [1.807, 2.05) is 13.0 Å². The van der Waals surface area contributed by atoms with Crippen LogP contribution in [0.25, 0.3) is 0 Å². The van der Waals surface area contributed by atoms with Crippen LogP contribution in [0, 0.1) is 0 Å². The smallest absolute Gasteiger partial charge is 0.272 e. The Bertz CT molecular complexity index is 585. The highest BCUT2D eigenvalue weighted by Crippen LogP contribution is 2.30. The second-order valence-corrected chi connectivity index (χ2v) is 4.85. The number of hydrogen-bond acceptors (Lipinski definition) is 3. The molecule has 1 atom stereocenters. The highest BCUT2D eigenvalue weighted by atomic mass is 16.3. The predicted molar refractivity (Wildman–Crippen MR) is 69.8 cm³/mol. The fourth-order valence-electron chi connectivity index (χ4n) is 2.53. The van der Waals surface area contributed by atoms with E-state index in [0.717, 1.165) is 42.7 Å². The zero-order valence-corrected chi connectivity index (χ0v) is 10.9. The Balaban J connectivity index is 1.74. The lowest BCUT2D eigenvalue weighted by atomic mass is 9.93. The number of amides is 1. The van der Waals surface area contributed by atoms with Gasteiger partial charge in [-0.1, -0.05) is 6.92 Å². The number of aryl methyl sites for hydroxylation is 2. The van der Waals surface area contributed by atoms with Crippen LogP contribution in [-0.2, 0) is 12.8 Å². The largest absolute Gasteiger partial charge is 0.469 e. The van der Waals surface area contributed by atoms with E-state index in [2.05, 4.69) is 15.5 Å². The summed E-state index contributed by atoms with van der Waals surface area (Å²) in [7, 11) is 0. The van der Waals surface area contributed by atoms with Gasteiger partial charge >= 0.3 is 0 Å². The Labute approximate surface area is 111 Å². The first-order valence-corrected chi connectivity index (χ1v) is 6.69. The van der Waals surface area contributed by atoms with Crippen molar-refractivity contribution in [1.29, 1.82) is 0 Å². The Morgan fingerprint density at radius 3 is 3.32 bits per heavy atom. The lowest BCUT2D eigenvalue weighted by Gasteiger charge is -2.22. The second-order valence-electron chi connectivity index (χ2n) is 4.85. The van der Waals surface area contributed by atoms with E-state index in [1.165, 1.54) is 0 Å². The van der Waals surface area contributed by atoms with Crippen molar-refractivity contribution in [2.45, 2.75) is 38.6 Å². The SMILES string of the molecule is CCc1cc(C(=O)N[C@H]2CCCc3occc32)n[nH]1. The molecule has 1 aliphatic rings. The van der Waals surface area contributed by atoms with Gasteiger partial charge in [0, 0.05) is 17.7 Å². The van der Waals surface area contributed by atoms with E-state index in [9.17, 15) is 4.79 Å². The van der Waals surface area contributed by atoms with Crippen LogP contribution in [-0.4, -0.2) is 16.1 Å². The topological polar surface area (TPSA) is 70.9 Å². The zero-order chi connectivity index (χ0) is 13.2. The maximum Gasteiger partial charge on any atom is 0.272 e. The van der Waals surface area contributed by atoms with E-state index >= 15 is 0 Å². The molecular weight excluding hydrogens is 242 g/mol. The lowest BCUT2D eigenvalue weighted by molar-refractivity contribution is 0.0927. The van der Waals surface area contributed by atoms with Gasteiger partial charge in [0.15, 0.2) is 0 Å². The Hall–Kier alpha value is -2.04. The summed E-state index contributed by atoms with van der Waals surface area (Å²) in [4.78, 5) is 12.1. The van der Waals surface area contributed by atoms with Crippen LogP contribution in [0.4, 0.5) is 0 Å². The molecule has 0 spiro atoms. The molecule has 0 aliphatic heterocycles. The van der Waals surface area contributed by atoms with Crippen LogP contribution in [0.1, 0.15) is 53.3 Å². The van der Waals surface area contributed by atoms with Gasteiger partial charge in [-0.2, -0.15) is 5.10 Å². The molecule has 2 heterocycles. The summed E-state index contributed by atoms with van der Waals surface area (Å²) in [6.45, 7) is 2.02. The molecule has 2 aromatic heterocycles. The molecular formula is C14H17N3O2. The highest BCUT2D eigenvalue weighted by molar-refractivity contribution is 5.92. The number of hydrogen-bond donors (Lipinski definition) is 2. The van der Waals surface area contributed by atoms with E-state index in [0.29, 0.717) is 5.69 Å². The Kier molecular flexibility index (Phi) is 3.11. The predicted octanol–water partition coefficient (Wildman–Crippen LogP) is 2.37. The molecule has 0 unspecified atom stereocenters. The molecule has 2 aromatic rings. The molecule has 5 heteroatoms. The van der Waals surface area contributed by atoms with Crippen LogP contribution in [0.2, 0.25) is 0 Å². The van der Waals surface area contributed by atoms with Crippen molar-refractivity contribution >= 4 is 5.91 Å². The van der Waals surface area contributed by atoms with Crippen LogP contribution in [0.15, 0.2) is 22.8 Å². The second kappa shape index (κ2) is 4.91. The molecule has 0 fully saturated rings. The molecule has 0 bridgehead atoms. The van der Waals surface area contributed by atoms with Crippen molar-refractivity contribution in [3.63, 3.8) is 0 Å². The van der Waals surface area contributed by atoms with Crippen molar-refractivity contribution in [3.05, 3.63) is 41.1 Å². The van der Waals surface area contributed by atoms with Gasteiger partial charge in [0.2, 0.25) is 0 Å². The van der Waals surface area contributed by atoms with Gasteiger partial charge in [0.25, 0.3) is 5.91 Å². The number of fused-ring (bicyclic) bond motifs is 1. The van der Waals surface area contributed by atoms with Gasteiger partial charge < -0.3 is 9.73 Å². The van der Waals surface area contributed by atoms with Crippen molar-refractivity contribution in [2.75, 3.05) is 0 Å². The van der Waals surface area contributed by atoms with Gasteiger partial charge in [0.05, 0.1) is 12.3 Å². The van der Waals surface area contributed by atoms with Crippen LogP contribution < -0.4 is 5.32 Å². The van der Waals surface area contributed by atoms with Crippen molar-refractivity contribution in [2.24, 2.45) is 0 Å². The van der Waals surface area contributed by atoms with Crippen LogP contribution in [0.3, 0.4) is 0 Å². The zero-order valence-electron chi connectivity index (χ0n) is 10.9. The van der Waals surface area contributed by atoms with Gasteiger partial charge in [0.1, 0.15) is 11.5 Å². The first-order valence-electron chi connectivity index (χ1n) is 6.69. The monoisotopic (exact) mass is 259 g/mol. The average molecular weight is 259 g/mol. The summed E-state index contributed by atoms with van der Waals surface area (Å²) < 4.78 is 5.42. The lowest BCUT2D eigenvalue weighted by Crippen LogP contribution is -2.30. The summed E-state index contributed by atoms with van der Waals surface area (Å²) in [5.41, 5.74) is 2.52. The number of aromatic nitrogens is 2. The third-order valence-electron chi connectivity index (χ3n) is 3.60. The maximum absolute atomic E-state index is 12.1. The van der Waals surface area contributed by atoms with Gasteiger partial charge in [-0.15, -0.1) is 0 Å². The third-order valence-corrected chi connectivity index (χ3v) is 3.60. The molecule has 0 radical (unpaired) electrons. The Morgan fingerprint density at radius 1 is 1.63 bits per heavy atom. The number of H-pyrrole nitrogens is 1. The minimum atomic E-state index is -0.130. The number of rotatable bonds is 3. The molecule has 19 heavy (non-hydrogen) atoms. The Morgan fingerprint density at radius 2 is 2.53 bits per heavy atom. The van der Waals surface area contributed by atoms with Crippen LogP contribution in [0.5, 0.6) is 0 Å². The first kappa shape index (κ1) is 12.0. The van der Waals surface area contributed by atoms with Gasteiger partial charge in [-0.25, -0.2) is 0 Å². The van der Waals surface area contributed by atoms with Gasteiger partial charge in [-0.05, 0) is 31.4 Å². The molecule has 5 nitrogen and oxygen atoms in total.